The van der Waals surface area contributed by atoms with E-state index in [1.165, 1.54) is 18.9 Å². The van der Waals surface area contributed by atoms with Crippen LogP contribution >= 0.6 is 11.8 Å². The van der Waals surface area contributed by atoms with E-state index in [9.17, 15) is 14.4 Å². The predicted octanol–water partition coefficient (Wildman–Crippen LogP) is 1.73. The highest BCUT2D eigenvalue weighted by molar-refractivity contribution is 7.99. The maximum absolute atomic E-state index is 12.1. The highest BCUT2D eigenvalue weighted by atomic mass is 32.2. The number of nitrogens with zero attached hydrogens (tertiary/aromatic N) is 2. The molecule has 0 bridgehead atoms. The smallest absolute Gasteiger partial charge is 0.325 e. The summed E-state index contributed by atoms with van der Waals surface area (Å²) in [5, 5.41) is 5.74. The first-order chi connectivity index (χ1) is 12.9. The molecule has 1 aromatic heterocycles. The summed E-state index contributed by atoms with van der Waals surface area (Å²) in [5.74, 6) is -0.964. The Balaban J connectivity index is 1.85. The van der Waals surface area contributed by atoms with Gasteiger partial charge in [0.1, 0.15) is 6.54 Å². The molecule has 2 rings (SSSR count). The van der Waals surface area contributed by atoms with E-state index in [-0.39, 0.29) is 18.2 Å². The lowest BCUT2D eigenvalue weighted by Gasteiger charge is -2.07. The van der Waals surface area contributed by atoms with E-state index in [4.69, 9.17) is 0 Å². The highest BCUT2D eigenvalue weighted by Gasteiger charge is 2.10. The van der Waals surface area contributed by atoms with Crippen molar-refractivity contribution in [1.82, 2.24) is 15.3 Å². The van der Waals surface area contributed by atoms with Crippen LogP contribution in [0, 0.1) is 13.8 Å². The first-order valence-electron chi connectivity index (χ1n) is 8.07. The number of benzene rings is 1. The molecule has 142 valence electrons. The predicted molar refractivity (Wildman–Crippen MR) is 102 cm³/mol. The molecule has 0 aliphatic carbocycles. The van der Waals surface area contributed by atoms with Gasteiger partial charge in [-0.2, -0.15) is 0 Å². The van der Waals surface area contributed by atoms with Crippen molar-refractivity contribution in [2.45, 2.75) is 19.0 Å². The molecule has 0 spiro atoms. The van der Waals surface area contributed by atoms with Crippen LogP contribution in [0.15, 0.2) is 35.5 Å². The zero-order valence-corrected chi connectivity index (χ0v) is 16.1. The number of thioether (sulfide) groups is 1. The number of hydrogen-bond donors (Lipinski definition) is 2. The fraction of sp³-hybridized carbons (Fsp3) is 0.278. The molecule has 2 amide bonds. The summed E-state index contributed by atoms with van der Waals surface area (Å²) in [5.41, 5.74) is 2.64. The van der Waals surface area contributed by atoms with Crippen molar-refractivity contribution in [3.05, 3.63) is 47.3 Å². The molecule has 9 heteroatoms. The Morgan fingerprint density at radius 1 is 1.07 bits per heavy atom. The topological polar surface area (TPSA) is 110 Å². The van der Waals surface area contributed by atoms with E-state index >= 15 is 0 Å². The number of carbonyl (C=O) groups is 3. The second-order valence-electron chi connectivity index (χ2n) is 5.61. The van der Waals surface area contributed by atoms with Crippen LogP contribution in [0.5, 0.6) is 0 Å². The summed E-state index contributed by atoms with van der Waals surface area (Å²) in [4.78, 5) is 43.5. The maximum Gasteiger partial charge on any atom is 0.325 e. The number of amides is 2. The Labute approximate surface area is 161 Å². The lowest BCUT2D eigenvalue weighted by molar-refractivity contribution is -0.139. The third-order valence-corrected chi connectivity index (χ3v) is 4.19. The molecule has 27 heavy (non-hydrogen) atoms. The van der Waals surface area contributed by atoms with Gasteiger partial charge in [-0.3, -0.25) is 14.4 Å². The normalized spacial score (nSPS) is 10.2. The van der Waals surface area contributed by atoms with Crippen LogP contribution in [0.3, 0.4) is 0 Å². The number of ether oxygens (including phenoxy) is 1. The van der Waals surface area contributed by atoms with Crippen molar-refractivity contribution >= 4 is 35.2 Å². The number of anilines is 1. The fourth-order valence-corrected chi connectivity index (χ4v) is 2.87. The molecule has 2 N–H and O–H groups in total. The zero-order valence-electron chi connectivity index (χ0n) is 15.2. The first kappa shape index (κ1) is 20.4. The minimum atomic E-state index is -0.530. The van der Waals surface area contributed by atoms with E-state index in [1.807, 2.05) is 19.9 Å². The van der Waals surface area contributed by atoms with Crippen molar-refractivity contribution in [3.63, 3.8) is 0 Å². The molecule has 2 aromatic rings. The molecule has 0 unspecified atom stereocenters. The average molecular weight is 388 g/mol. The average Bonchev–Trinajstić information content (AvgIpc) is 2.64. The van der Waals surface area contributed by atoms with Gasteiger partial charge in [-0.15, -0.1) is 0 Å². The summed E-state index contributed by atoms with van der Waals surface area (Å²) in [7, 11) is 1.25. The second-order valence-corrected chi connectivity index (χ2v) is 6.55. The molecular formula is C18H20N4O4S. The largest absolute Gasteiger partial charge is 0.468 e. The molecular weight excluding hydrogens is 368 g/mol. The van der Waals surface area contributed by atoms with Gasteiger partial charge in [0.25, 0.3) is 5.91 Å². The lowest BCUT2D eigenvalue weighted by Crippen LogP contribution is -2.30. The third-order valence-electron chi connectivity index (χ3n) is 3.35. The number of methoxy groups -OCH3 is 1. The van der Waals surface area contributed by atoms with Crippen LogP contribution in [0.2, 0.25) is 0 Å². The third kappa shape index (κ3) is 6.70. The second kappa shape index (κ2) is 9.67. The van der Waals surface area contributed by atoms with Gasteiger partial charge in [0.05, 0.1) is 12.9 Å². The Hall–Kier alpha value is -2.94. The number of carbonyl (C=O) groups excluding carboxylic acids is 3. The van der Waals surface area contributed by atoms with Crippen LogP contribution in [-0.4, -0.2) is 47.2 Å². The number of rotatable bonds is 7. The monoisotopic (exact) mass is 388 g/mol. The molecule has 1 heterocycles. The molecule has 8 nitrogen and oxygen atoms in total. The van der Waals surface area contributed by atoms with Crippen molar-refractivity contribution in [3.8, 4) is 0 Å². The molecule has 0 aliphatic heterocycles. The lowest BCUT2D eigenvalue weighted by atomic mass is 10.2. The van der Waals surface area contributed by atoms with E-state index in [0.717, 1.165) is 11.4 Å². The Morgan fingerprint density at radius 3 is 2.30 bits per heavy atom. The van der Waals surface area contributed by atoms with Gasteiger partial charge < -0.3 is 15.4 Å². The summed E-state index contributed by atoms with van der Waals surface area (Å²) >= 11 is 1.25. The van der Waals surface area contributed by atoms with Crippen LogP contribution < -0.4 is 10.6 Å². The Morgan fingerprint density at radius 2 is 1.70 bits per heavy atom. The van der Waals surface area contributed by atoms with Gasteiger partial charge in [0, 0.05) is 22.6 Å². The van der Waals surface area contributed by atoms with Crippen LogP contribution in [0.25, 0.3) is 0 Å². The SMILES string of the molecule is COC(=O)CNC(=O)c1ccc(NC(=O)CSc2nc(C)cc(C)n2)cc1. The molecule has 0 aliphatic rings. The van der Waals surface area contributed by atoms with Crippen molar-refractivity contribution in [2.24, 2.45) is 0 Å². The quantitative estimate of drug-likeness (QED) is 0.422. The van der Waals surface area contributed by atoms with Gasteiger partial charge in [-0.25, -0.2) is 9.97 Å². The zero-order chi connectivity index (χ0) is 19.8. The first-order valence-corrected chi connectivity index (χ1v) is 9.06. The van der Waals surface area contributed by atoms with Gasteiger partial charge in [-0.1, -0.05) is 11.8 Å². The standard InChI is InChI=1S/C18H20N4O4S/c1-11-8-12(2)21-18(20-11)27-10-15(23)22-14-6-4-13(5-7-14)17(25)19-9-16(24)26-3/h4-8H,9-10H2,1-3H3,(H,19,25)(H,22,23). The molecule has 0 radical (unpaired) electrons. The summed E-state index contributed by atoms with van der Waals surface area (Å²) in [6.45, 7) is 3.55. The summed E-state index contributed by atoms with van der Waals surface area (Å²) < 4.78 is 4.46. The number of esters is 1. The minimum Gasteiger partial charge on any atom is -0.468 e. The minimum absolute atomic E-state index is 0.171. The van der Waals surface area contributed by atoms with Crippen LogP contribution in [-0.2, 0) is 14.3 Å². The number of aromatic nitrogens is 2. The van der Waals surface area contributed by atoms with E-state index in [1.54, 1.807) is 24.3 Å². The van der Waals surface area contributed by atoms with Crippen LogP contribution in [0.1, 0.15) is 21.7 Å². The number of nitrogens with one attached hydrogen (secondary N) is 2. The molecule has 1 aromatic carbocycles. The van der Waals surface area contributed by atoms with Gasteiger partial charge in [0.2, 0.25) is 5.91 Å². The highest BCUT2D eigenvalue weighted by Crippen LogP contribution is 2.15. The number of hydrogen-bond acceptors (Lipinski definition) is 7. The Kier molecular flexibility index (Phi) is 7.30. The van der Waals surface area contributed by atoms with Crippen molar-refractivity contribution in [1.29, 1.82) is 0 Å². The molecule has 0 saturated heterocycles. The van der Waals surface area contributed by atoms with Crippen LogP contribution in [0.4, 0.5) is 5.69 Å². The summed E-state index contributed by atoms with van der Waals surface area (Å²) in [6, 6.07) is 8.21. The molecule has 0 saturated carbocycles. The maximum atomic E-state index is 12.1. The van der Waals surface area contributed by atoms with E-state index in [0.29, 0.717) is 16.4 Å². The van der Waals surface area contributed by atoms with Gasteiger partial charge >= 0.3 is 5.97 Å². The fourth-order valence-electron chi connectivity index (χ4n) is 2.12. The molecule has 0 fully saturated rings. The van der Waals surface area contributed by atoms with E-state index in [2.05, 4.69) is 25.3 Å². The van der Waals surface area contributed by atoms with Crippen molar-refractivity contribution in [2.75, 3.05) is 24.7 Å². The van der Waals surface area contributed by atoms with E-state index < -0.39 is 11.9 Å². The van der Waals surface area contributed by atoms with Gasteiger partial charge in [0.15, 0.2) is 5.16 Å². The summed E-state index contributed by atoms with van der Waals surface area (Å²) in [6.07, 6.45) is 0. The Bertz CT molecular complexity index is 820. The molecule has 0 atom stereocenters. The van der Waals surface area contributed by atoms with Crippen molar-refractivity contribution < 1.29 is 19.1 Å². The van der Waals surface area contributed by atoms with Gasteiger partial charge in [-0.05, 0) is 44.2 Å². The number of aryl methyl sites for hydroxylation is 2.